The molecule has 0 N–H and O–H groups in total. The van der Waals surface area contributed by atoms with E-state index in [1.54, 1.807) is 12.3 Å². The van der Waals surface area contributed by atoms with E-state index in [0.29, 0.717) is 16.7 Å². The largest absolute Gasteiger partial charge is 0.454 e. The van der Waals surface area contributed by atoms with E-state index in [1.807, 2.05) is 73.1 Å². The maximum absolute atomic E-state index is 10.1. The quantitative estimate of drug-likeness (QED) is 0.248. The van der Waals surface area contributed by atoms with Gasteiger partial charge in [0.1, 0.15) is 18.2 Å². The van der Waals surface area contributed by atoms with Crippen LogP contribution in [0, 0.1) is 25.1 Å². The third-order valence-electron chi connectivity index (χ3n) is 6.79. The van der Waals surface area contributed by atoms with E-state index in [0.717, 1.165) is 49.8 Å². The molecule has 0 amide bonds. The summed E-state index contributed by atoms with van der Waals surface area (Å²) in [4.78, 5) is 0. The molecule has 0 unspecified atom stereocenters. The second-order valence-corrected chi connectivity index (χ2v) is 9.07. The van der Waals surface area contributed by atoms with Crippen molar-refractivity contribution in [2.45, 2.75) is 13.8 Å². The van der Waals surface area contributed by atoms with Crippen molar-refractivity contribution in [1.82, 2.24) is 0 Å². The molecule has 36 heavy (non-hydrogen) atoms. The molecule has 0 aliphatic carbocycles. The summed E-state index contributed by atoms with van der Waals surface area (Å²) in [6, 6.07) is 32.1. The van der Waals surface area contributed by atoms with E-state index >= 15 is 0 Å². The highest BCUT2D eigenvalue weighted by atomic mass is 16.3. The molecule has 4 aromatic carbocycles. The smallest absolute Gasteiger partial charge is 0.216 e. The van der Waals surface area contributed by atoms with Crippen molar-refractivity contribution >= 4 is 21.9 Å². The fourth-order valence-electron chi connectivity index (χ4n) is 5.05. The topological polar surface area (TPSA) is 40.8 Å². The molecule has 0 saturated carbocycles. The average molecular weight is 469 g/mol. The summed E-state index contributed by atoms with van der Waals surface area (Å²) in [6.07, 6.45) is 1.65. The van der Waals surface area contributed by atoms with Gasteiger partial charge in [-0.1, -0.05) is 60.7 Å². The summed E-state index contributed by atoms with van der Waals surface area (Å²) >= 11 is 0. The van der Waals surface area contributed by atoms with E-state index < -0.39 is 6.85 Å². The maximum atomic E-state index is 10.1. The SMILES string of the molecule is [2H]C([2H])([2H])c1ccc(-c2c(C)ccc3c2oc2c(-c4cccc(-c5ccccc5)c4)c(C#N)ccc23)[n+](C)c1. The Morgan fingerprint density at radius 1 is 0.778 bits per heavy atom. The van der Waals surface area contributed by atoms with Crippen LogP contribution in [0.1, 0.15) is 20.8 Å². The molecule has 6 aromatic rings. The van der Waals surface area contributed by atoms with E-state index in [-0.39, 0.29) is 5.56 Å². The van der Waals surface area contributed by atoms with Crippen LogP contribution in [0.3, 0.4) is 0 Å². The minimum atomic E-state index is -2.19. The first-order valence-electron chi connectivity index (χ1n) is 13.3. The molecule has 3 nitrogen and oxygen atoms in total. The van der Waals surface area contributed by atoms with Gasteiger partial charge in [-0.05, 0) is 60.3 Å². The van der Waals surface area contributed by atoms with E-state index in [9.17, 15) is 5.26 Å². The molecule has 0 aliphatic heterocycles. The van der Waals surface area contributed by atoms with Crippen LogP contribution in [0.4, 0.5) is 0 Å². The summed E-state index contributed by atoms with van der Waals surface area (Å²) in [5.74, 6) is 0. The Bertz CT molecular complexity index is 1930. The molecule has 0 atom stereocenters. The van der Waals surface area contributed by atoms with Gasteiger partial charge in [0.25, 0.3) is 0 Å². The van der Waals surface area contributed by atoms with Gasteiger partial charge in [-0.15, -0.1) is 0 Å². The molecule has 0 bridgehead atoms. The van der Waals surface area contributed by atoms with Gasteiger partial charge in [0.15, 0.2) is 6.20 Å². The van der Waals surface area contributed by atoms with Crippen LogP contribution in [0.2, 0.25) is 0 Å². The van der Waals surface area contributed by atoms with Crippen LogP contribution in [-0.4, -0.2) is 0 Å². The highest BCUT2D eigenvalue weighted by Crippen LogP contribution is 2.42. The van der Waals surface area contributed by atoms with Crippen molar-refractivity contribution in [3.63, 3.8) is 0 Å². The summed E-state index contributed by atoms with van der Waals surface area (Å²) < 4.78 is 31.8. The molecule has 2 heterocycles. The Hall–Kier alpha value is -4.68. The van der Waals surface area contributed by atoms with E-state index in [1.165, 1.54) is 0 Å². The van der Waals surface area contributed by atoms with Gasteiger partial charge in [0.2, 0.25) is 5.69 Å². The molecule has 2 aromatic heterocycles. The number of nitriles is 1. The molecular formula is C33H25N2O+. The molecule has 0 saturated heterocycles. The lowest BCUT2D eigenvalue weighted by Crippen LogP contribution is -2.31. The molecule has 0 spiro atoms. The Kier molecular flexibility index (Phi) is 4.41. The zero-order valence-corrected chi connectivity index (χ0v) is 20.0. The first-order valence-corrected chi connectivity index (χ1v) is 11.8. The highest BCUT2D eigenvalue weighted by molar-refractivity contribution is 6.14. The summed E-state index contributed by atoms with van der Waals surface area (Å²) in [5.41, 5.74) is 8.75. The minimum absolute atomic E-state index is 0.280. The number of pyridine rings is 1. The second kappa shape index (κ2) is 8.52. The first-order chi connectivity index (χ1) is 18.8. The number of aromatic nitrogens is 1. The van der Waals surface area contributed by atoms with Crippen LogP contribution in [-0.2, 0) is 7.05 Å². The van der Waals surface area contributed by atoms with Crippen molar-refractivity contribution in [3.8, 4) is 39.6 Å². The molecule has 172 valence electrons. The van der Waals surface area contributed by atoms with Gasteiger partial charge in [-0.3, -0.25) is 0 Å². The standard InChI is InChI=1S/C33H25N2O/c1-21-12-17-29(35(3)20-21)30-22(2)13-15-27-28-16-14-26(19-34)31(33(28)36-32(27)30)25-11-7-10-24(18-25)23-8-5-4-6-9-23/h4-18,20H,1-3H3/q+1/i1D3. The van der Waals surface area contributed by atoms with Gasteiger partial charge in [-0.2, -0.15) is 5.26 Å². The normalized spacial score (nSPS) is 12.8. The van der Waals surface area contributed by atoms with Crippen molar-refractivity contribution in [1.29, 1.82) is 5.26 Å². The lowest BCUT2D eigenvalue weighted by atomic mass is 9.94. The number of aryl methyl sites for hydroxylation is 3. The van der Waals surface area contributed by atoms with Crippen LogP contribution in [0.5, 0.6) is 0 Å². The third-order valence-corrected chi connectivity index (χ3v) is 6.79. The Morgan fingerprint density at radius 3 is 2.25 bits per heavy atom. The number of nitrogens with zero attached hydrogens (tertiary/aromatic N) is 2. The van der Waals surface area contributed by atoms with Crippen molar-refractivity contribution in [3.05, 3.63) is 114 Å². The van der Waals surface area contributed by atoms with Gasteiger partial charge >= 0.3 is 0 Å². The van der Waals surface area contributed by atoms with Gasteiger partial charge in [0, 0.05) is 32.1 Å². The number of rotatable bonds is 3. The maximum Gasteiger partial charge on any atom is 0.216 e. The zero-order chi connectivity index (χ0) is 27.3. The van der Waals surface area contributed by atoms with Crippen LogP contribution in [0.25, 0.3) is 55.4 Å². The van der Waals surface area contributed by atoms with Crippen molar-refractivity contribution < 1.29 is 13.1 Å². The Labute approximate surface area is 214 Å². The van der Waals surface area contributed by atoms with Gasteiger partial charge in [0.05, 0.1) is 17.2 Å². The predicted octanol–water partition coefficient (Wildman–Crippen LogP) is 7.90. The highest BCUT2D eigenvalue weighted by Gasteiger charge is 2.23. The Balaban J connectivity index is 1.62. The minimum Gasteiger partial charge on any atom is -0.454 e. The molecule has 0 radical (unpaired) electrons. The summed E-state index contributed by atoms with van der Waals surface area (Å²) in [7, 11) is 1.85. The fourth-order valence-corrected chi connectivity index (χ4v) is 5.05. The van der Waals surface area contributed by atoms with Crippen molar-refractivity contribution in [2.24, 2.45) is 7.05 Å². The lowest BCUT2D eigenvalue weighted by Gasteiger charge is -2.08. The second-order valence-electron chi connectivity index (χ2n) is 9.07. The predicted molar refractivity (Wildman–Crippen MR) is 145 cm³/mol. The Morgan fingerprint density at radius 2 is 1.50 bits per heavy atom. The molecule has 0 fully saturated rings. The third kappa shape index (κ3) is 3.47. The number of hydrogen-bond acceptors (Lipinski definition) is 2. The summed E-state index contributed by atoms with van der Waals surface area (Å²) in [5, 5.41) is 11.9. The summed E-state index contributed by atoms with van der Waals surface area (Å²) in [6.45, 7) is -0.168. The molecule has 0 aliphatic rings. The fraction of sp³-hybridized carbons (Fsp3) is 0.0909. The first kappa shape index (κ1) is 18.6. The number of benzene rings is 4. The van der Waals surface area contributed by atoms with Crippen LogP contribution >= 0.6 is 0 Å². The molecular weight excluding hydrogens is 440 g/mol. The van der Waals surface area contributed by atoms with Gasteiger partial charge in [-0.25, -0.2) is 4.57 Å². The monoisotopic (exact) mass is 468 g/mol. The van der Waals surface area contributed by atoms with Crippen LogP contribution in [0.15, 0.2) is 102 Å². The van der Waals surface area contributed by atoms with Gasteiger partial charge < -0.3 is 4.42 Å². The molecule has 3 heteroatoms. The zero-order valence-electron chi connectivity index (χ0n) is 23.0. The average Bonchev–Trinajstić information content (AvgIpc) is 3.31. The van der Waals surface area contributed by atoms with E-state index in [2.05, 4.69) is 36.4 Å². The number of fused-ring (bicyclic) bond motifs is 3. The number of furan rings is 1. The molecule has 6 rings (SSSR count). The lowest BCUT2D eigenvalue weighted by molar-refractivity contribution is -0.660. The number of hydrogen-bond donors (Lipinski definition) is 0. The van der Waals surface area contributed by atoms with E-state index in [4.69, 9.17) is 8.53 Å². The van der Waals surface area contributed by atoms with Crippen LogP contribution < -0.4 is 4.57 Å². The van der Waals surface area contributed by atoms with Crippen molar-refractivity contribution in [2.75, 3.05) is 0 Å².